The number of anilines is 1. The smallest absolute Gasteiger partial charge is 0.254 e. The predicted octanol–water partition coefficient (Wildman–Crippen LogP) is 2.51. The molecule has 0 unspecified atom stereocenters. The van der Waals surface area contributed by atoms with E-state index in [4.69, 9.17) is 16.2 Å². The number of amides is 1. The minimum atomic E-state index is -0.623. The molecule has 4 N–H and O–H groups in total. The second-order valence-corrected chi connectivity index (χ2v) is 4.48. The largest absolute Gasteiger partial charge is 0.438 e. The Hall–Kier alpha value is -2.56. The SMILES string of the molecule is CCCc1ccc(Oc2ncc(N)cc2C(N)=O)cc1. The van der Waals surface area contributed by atoms with Gasteiger partial charge in [-0.2, -0.15) is 0 Å². The summed E-state index contributed by atoms with van der Waals surface area (Å²) in [6.45, 7) is 2.13. The lowest BCUT2D eigenvalue weighted by molar-refractivity contribution is 0.0997. The van der Waals surface area contributed by atoms with Gasteiger partial charge in [-0.3, -0.25) is 4.79 Å². The fourth-order valence-electron chi connectivity index (χ4n) is 1.85. The molecular weight excluding hydrogens is 254 g/mol. The van der Waals surface area contributed by atoms with E-state index in [0.717, 1.165) is 12.8 Å². The van der Waals surface area contributed by atoms with Gasteiger partial charge in [-0.05, 0) is 30.2 Å². The number of benzene rings is 1. The second-order valence-electron chi connectivity index (χ2n) is 4.48. The zero-order chi connectivity index (χ0) is 14.5. The van der Waals surface area contributed by atoms with Crippen LogP contribution in [0, 0.1) is 0 Å². The highest BCUT2D eigenvalue weighted by Gasteiger charge is 2.12. The van der Waals surface area contributed by atoms with Gasteiger partial charge in [0.15, 0.2) is 0 Å². The van der Waals surface area contributed by atoms with Crippen molar-refractivity contribution in [2.75, 3.05) is 5.73 Å². The van der Waals surface area contributed by atoms with E-state index in [1.54, 1.807) is 0 Å². The van der Waals surface area contributed by atoms with E-state index in [-0.39, 0.29) is 11.4 Å². The maximum absolute atomic E-state index is 11.4. The Morgan fingerprint density at radius 1 is 1.30 bits per heavy atom. The lowest BCUT2D eigenvalue weighted by atomic mass is 10.1. The molecule has 0 saturated heterocycles. The van der Waals surface area contributed by atoms with Crippen LogP contribution in [0.3, 0.4) is 0 Å². The van der Waals surface area contributed by atoms with Crippen LogP contribution in [-0.2, 0) is 6.42 Å². The van der Waals surface area contributed by atoms with Crippen molar-refractivity contribution in [3.8, 4) is 11.6 Å². The molecule has 1 amide bonds. The first kappa shape index (κ1) is 13.9. The van der Waals surface area contributed by atoms with Gasteiger partial charge in [0, 0.05) is 0 Å². The van der Waals surface area contributed by atoms with Crippen LogP contribution < -0.4 is 16.2 Å². The monoisotopic (exact) mass is 271 g/mol. The number of aromatic nitrogens is 1. The summed E-state index contributed by atoms with van der Waals surface area (Å²) in [5.74, 6) is 0.141. The lowest BCUT2D eigenvalue weighted by Crippen LogP contribution is -2.13. The molecule has 0 atom stereocenters. The fraction of sp³-hybridized carbons (Fsp3) is 0.200. The van der Waals surface area contributed by atoms with Gasteiger partial charge in [-0.1, -0.05) is 25.5 Å². The number of carbonyl (C=O) groups excluding carboxylic acids is 1. The van der Waals surface area contributed by atoms with E-state index in [1.165, 1.54) is 17.8 Å². The van der Waals surface area contributed by atoms with E-state index < -0.39 is 5.91 Å². The van der Waals surface area contributed by atoms with Crippen LogP contribution in [0.2, 0.25) is 0 Å². The Morgan fingerprint density at radius 3 is 2.60 bits per heavy atom. The van der Waals surface area contributed by atoms with Gasteiger partial charge < -0.3 is 16.2 Å². The average molecular weight is 271 g/mol. The number of primary amides is 1. The molecule has 1 heterocycles. The molecular formula is C15H17N3O2. The Bertz CT molecular complexity index is 609. The molecule has 0 aliphatic heterocycles. The molecule has 0 aliphatic rings. The maximum Gasteiger partial charge on any atom is 0.254 e. The first-order valence-electron chi connectivity index (χ1n) is 6.42. The zero-order valence-electron chi connectivity index (χ0n) is 11.3. The van der Waals surface area contributed by atoms with Crippen LogP contribution in [0.25, 0.3) is 0 Å². The van der Waals surface area contributed by atoms with Crippen molar-refractivity contribution in [3.05, 3.63) is 47.7 Å². The van der Waals surface area contributed by atoms with E-state index in [1.807, 2.05) is 24.3 Å². The van der Waals surface area contributed by atoms with Gasteiger partial charge in [-0.15, -0.1) is 0 Å². The Morgan fingerprint density at radius 2 is 2.00 bits per heavy atom. The molecule has 104 valence electrons. The van der Waals surface area contributed by atoms with Crippen LogP contribution in [0.15, 0.2) is 36.5 Å². The van der Waals surface area contributed by atoms with Gasteiger partial charge in [0.25, 0.3) is 5.91 Å². The van der Waals surface area contributed by atoms with Crippen LogP contribution in [0.4, 0.5) is 5.69 Å². The third-order valence-electron chi connectivity index (χ3n) is 2.81. The van der Waals surface area contributed by atoms with Gasteiger partial charge >= 0.3 is 0 Å². The second kappa shape index (κ2) is 6.06. The fourth-order valence-corrected chi connectivity index (χ4v) is 1.85. The quantitative estimate of drug-likeness (QED) is 0.874. The first-order chi connectivity index (χ1) is 9.60. The summed E-state index contributed by atoms with van der Waals surface area (Å²) < 4.78 is 5.59. The summed E-state index contributed by atoms with van der Waals surface area (Å²) >= 11 is 0. The molecule has 20 heavy (non-hydrogen) atoms. The van der Waals surface area contributed by atoms with Gasteiger partial charge in [0.1, 0.15) is 11.3 Å². The van der Waals surface area contributed by atoms with Crippen molar-refractivity contribution in [2.45, 2.75) is 19.8 Å². The van der Waals surface area contributed by atoms with E-state index in [9.17, 15) is 4.79 Å². The van der Waals surface area contributed by atoms with E-state index in [2.05, 4.69) is 11.9 Å². The van der Waals surface area contributed by atoms with E-state index >= 15 is 0 Å². The molecule has 2 aromatic rings. The number of carbonyl (C=O) groups is 1. The number of rotatable bonds is 5. The van der Waals surface area contributed by atoms with Gasteiger partial charge in [-0.25, -0.2) is 4.98 Å². The molecule has 1 aromatic carbocycles. The Kier molecular flexibility index (Phi) is 4.20. The molecule has 5 heteroatoms. The highest BCUT2D eigenvalue weighted by molar-refractivity contribution is 5.95. The summed E-state index contributed by atoms with van der Waals surface area (Å²) in [6.07, 6.45) is 3.53. The summed E-state index contributed by atoms with van der Waals surface area (Å²) in [4.78, 5) is 15.4. The predicted molar refractivity (Wildman–Crippen MR) is 77.7 cm³/mol. The third kappa shape index (κ3) is 3.26. The number of hydrogen-bond donors (Lipinski definition) is 2. The molecule has 0 fully saturated rings. The molecule has 1 aromatic heterocycles. The number of pyridine rings is 1. The van der Waals surface area contributed by atoms with Crippen molar-refractivity contribution in [1.82, 2.24) is 4.98 Å². The van der Waals surface area contributed by atoms with E-state index in [0.29, 0.717) is 11.4 Å². The van der Waals surface area contributed by atoms with Crippen molar-refractivity contribution in [2.24, 2.45) is 5.73 Å². The normalized spacial score (nSPS) is 10.2. The van der Waals surface area contributed by atoms with Crippen molar-refractivity contribution < 1.29 is 9.53 Å². The number of hydrogen-bond acceptors (Lipinski definition) is 4. The first-order valence-corrected chi connectivity index (χ1v) is 6.42. The summed E-state index contributed by atoms with van der Waals surface area (Å²) in [6, 6.07) is 9.11. The number of nitrogen functional groups attached to an aromatic ring is 1. The summed E-state index contributed by atoms with van der Waals surface area (Å²) in [5, 5.41) is 0. The van der Waals surface area contributed by atoms with Crippen LogP contribution in [0.1, 0.15) is 29.3 Å². The molecule has 0 aliphatic carbocycles. The highest BCUT2D eigenvalue weighted by atomic mass is 16.5. The molecule has 0 spiro atoms. The minimum absolute atomic E-state index is 0.162. The third-order valence-corrected chi connectivity index (χ3v) is 2.81. The number of nitrogens with zero attached hydrogens (tertiary/aromatic N) is 1. The van der Waals surface area contributed by atoms with Crippen molar-refractivity contribution in [3.63, 3.8) is 0 Å². The Labute approximate surface area is 117 Å². The molecule has 5 nitrogen and oxygen atoms in total. The van der Waals surface area contributed by atoms with Crippen LogP contribution in [0.5, 0.6) is 11.6 Å². The summed E-state index contributed by atoms with van der Waals surface area (Å²) in [5.41, 5.74) is 12.6. The zero-order valence-corrected chi connectivity index (χ0v) is 11.3. The average Bonchev–Trinajstić information content (AvgIpc) is 2.43. The maximum atomic E-state index is 11.4. The van der Waals surface area contributed by atoms with Gasteiger partial charge in [0.2, 0.25) is 5.88 Å². The van der Waals surface area contributed by atoms with Crippen LogP contribution >= 0.6 is 0 Å². The molecule has 2 rings (SSSR count). The molecule has 0 radical (unpaired) electrons. The number of aryl methyl sites for hydroxylation is 1. The molecule has 0 bridgehead atoms. The summed E-state index contributed by atoms with van der Waals surface area (Å²) in [7, 11) is 0. The topological polar surface area (TPSA) is 91.2 Å². The van der Waals surface area contributed by atoms with Crippen LogP contribution in [-0.4, -0.2) is 10.9 Å². The molecule has 0 saturated carbocycles. The number of nitrogens with two attached hydrogens (primary N) is 2. The van der Waals surface area contributed by atoms with Crippen molar-refractivity contribution >= 4 is 11.6 Å². The standard InChI is InChI=1S/C15H17N3O2/c1-2-3-10-4-6-12(7-5-10)20-15-13(14(17)19)8-11(16)9-18-15/h4-9H,2-3,16H2,1H3,(H2,17,19). The Balaban J connectivity index is 2.23. The van der Waals surface area contributed by atoms with Gasteiger partial charge in [0.05, 0.1) is 11.9 Å². The highest BCUT2D eigenvalue weighted by Crippen LogP contribution is 2.24. The minimum Gasteiger partial charge on any atom is -0.438 e. The number of ether oxygens (including phenoxy) is 1. The van der Waals surface area contributed by atoms with Crippen molar-refractivity contribution in [1.29, 1.82) is 0 Å². The lowest BCUT2D eigenvalue weighted by Gasteiger charge is -2.09.